The third kappa shape index (κ3) is 7.71. The van der Waals surface area contributed by atoms with Crippen molar-refractivity contribution in [1.82, 2.24) is 0 Å². The summed E-state index contributed by atoms with van der Waals surface area (Å²) in [5.41, 5.74) is 3.64. The molecule has 2 fully saturated rings. The summed E-state index contributed by atoms with van der Waals surface area (Å²) in [6.45, 7) is 17.2. The van der Waals surface area contributed by atoms with E-state index in [-0.39, 0.29) is 25.0 Å². The molecule has 2 aliphatic rings. The smallest absolute Gasteiger partial charge is 0.133 e. The summed E-state index contributed by atoms with van der Waals surface area (Å²) < 4.78 is 11.9. The van der Waals surface area contributed by atoms with Gasteiger partial charge in [0.1, 0.15) is 11.0 Å². The zero-order chi connectivity index (χ0) is 23.4. The Morgan fingerprint density at radius 1 is 0.758 bits per heavy atom. The normalized spacial score (nSPS) is 22.2. The molecule has 0 bridgehead atoms. The first kappa shape index (κ1) is 29.2. The summed E-state index contributed by atoms with van der Waals surface area (Å²) in [4.78, 5) is 0. The van der Waals surface area contributed by atoms with Crippen molar-refractivity contribution in [2.24, 2.45) is 5.92 Å². The molecule has 2 aromatic rings. The van der Waals surface area contributed by atoms with Crippen LogP contribution in [0.15, 0.2) is 45.6 Å². The quantitative estimate of drug-likeness (QED) is 0.284. The number of rotatable bonds is 5. The molecular formula is C28H46FeO2P2. The Morgan fingerprint density at radius 3 is 1.58 bits per heavy atom. The van der Waals surface area contributed by atoms with Gasteiger partial charge in [0.2, 0.25) is 0 Å². The predicted molar refractivity (Wildman–Crippen MR) is 144 cm³/mol. The van der Waals surface area contributed by atoms with Crippen molar-refractivity contribution in [2.75, 3.05) is 0 Å². The van der Waals surface area contributed by atoms with Crippen LogP contribution in [0.25, 0.3) is 0 Å². The SMILES string of the molecule is C1CCCC1.CC(C1CCCC1P(c1ccco1)c1ccco1)P(C(C)(C)C)C(C)(C)C.[Fe]. The second-order valence-corrected chi connectivity index (χ2v) is 18.2. The molecule has 0 saturated heterocycles. The summed E-state index contributed by atoms with van der Waals surface area (Å²) in [6, 6.07) is 8.37. The molecule has 2 aliphatic carbocycles. The van der Waals surface area contributed by atoms with Crippen molar-refractivity contribution in [3.05, 3.63) is 36.8 Å². The summed E-state index contributed by atoms with van der Waals surface area (Å²) in [5, 5.41) is 0.719. The first-order valence-electron chi connectivity index (χ1n) is 12.8. The third-order valence-corrected chi connectivity index (χ3v) is 13.9. The van der Waals surface area contributed by atoms with Crippen LogP contribution in [0.4, 0.5) is 0 Å². The summed E-state index contributed by atoms with van der Waals surface area (Å²) in [7, 11) is -0.701. The van der Waals surface area contributed by atoms with Crippen molar-refractivity contribution in [2.45, 2.75) is 121 Å². The fraction of sp³-hybridized carbons (Fsp3) is 0.714. The zero-order valence-corrected chi connectivity index (χ0v) is 24.8. The van der Waals surface area contributed by atoms with Crippen LogP contribution < -0.4 is 11.0 Å². The van der Waals surface area contributed by atoms with Gasteiger partial charge >= 0.3 is 0 Å². The molecular weight excluding hydrogens is 486 g/mol. The molecule has 0 N–H and O–H groups in total. The minimum absolute atomic E-state index is 0. The second-order valence-electron chi connectivity index (χ2n) is 11.7. The molecule has 3 unspecified atom stereocenters. The Labute approximate surface area is 216 Å². The second kappa shape index (κ2) is 12.8. The van der Waals surface area contributed by atoms with Crippen molar-refractivity contribution in [1.29, 1.82) is 0 Å². The van der Waals surface area contributed by atoms with E-state index >= 15 is 0 Å². The molecule has 2 aromatic heterocycles. The molecule has 0 radical (unpaired) electrons. The van der Waals surface area contributed by atoms with Gasteiger partial charge in [0, 0.05) is 25.0 Å². The van der Waals surface area contributed by atoms with Gasteiger partial charge in [0.25, 0.3) is 0 Å². The van der Waals surface area contributed by atoms with Crippen LogP contribution in [0.3, 0.4) is 0 Å². The van der Waals surface area contributed by atoms with Crippen molar-refractivity contribution < 1.29 is 25.9 Å². The average molecular weight is 532 g/mol. The summed E-state index contributed by atoms with van der Waals surface area (Å²) in [6.07, 6.45) is 15.1. The van der Waals surface area contributed by atoms with E-state index in [4.69, 9.17) is 8.83 Å². The Balaban J connectivity index is 0.000000568. The first-order chi connectivity index (χ1) is 15.1. The van der Waals surface area contributed by atoms with E-state index in [1.807, 2.05) is 24.7 Å². The molecule has 4 rings (SSSR count). The monoisotopic (exact) mass is 532 g/mol. The zero-order valence-electron chi connectivity index (χ0n) is 21.9. The van der Waals surface area contributed by atoms with Gasteiger partial charge in [-0.05, 0) is 64.7 Å². The number of hydrogen-bond acceptors (Lipinski definition) is 2. The molecule has 2 saturated carbocycles. The minimum Gasteiger partial charge on any atom is -0.464 e. The van der Waals surface area contributed by atoms with E-state index in [1.54, 1.807) is 0 Å². The van der Waals surface area contributed by atoms with E-state index < -0.39 is 7.92 Å². The molecule has 0 spiro atoms. The van der Waals surface area contributed by atoms with Crippen LogP contribution in [0.2, 0.25) is 0 Å². The molecule has 188 valence electrons. The van der Waals surface area contributed by atoms with Crippen LogP contribution in [0, 0.1) is 5.92 Å². The predicted octanol–water partition coefficient (Wildman–Crippen LogP) is 8.89. The molecule has 5 heteroatoms. The van der Waals surface area contributed by atoms with Gasteiger partial charge in [-0.1, -0.05) is 94.9 Å². The van der Waals surface area contributed by atoms with Crippen LogP contribution in [0.5, 0.6) is 0 Å². The summed E-state index contributed by atoms with van der Waals surface area (Å²) >= 11 is 0. The Bertz CT molecular complexity index is 714. The van der Waals surface area contributed by atoms with E-state index in [2.05, 4.69) is 60.6 Å². The minimum atomic E-state index is -0.569. The fourth-order valence-electron chi connectivity index (χ4n) is 6.41. The molecule has 0 aromatic carbocycles. The van der Waals surface area contributed by atoms with Gasteiger partial charge in [0.15, 0.2) is 0 Å². The molecule has 0 amide bonds. The third-order valence-electron chi connectivity index (χ3n) is 7.07. The molecule has 2 nitrogen and oxygen atoms in total. The van der Waals surface area contributed by atoms with Gasteiger partial charge < -0.3 is 8.83 Å². The molecule has 0 aliphatic heterocycles. The van der Waals surface area contributed by atoms with Crippen molar-refractivity contribution in [3.63, 3.8) is 0 Å². The largest absolute Gasteiger partial charge is 0.464 e. The van der Waals surface area contributed by atoms with E-state index in [0.717, 1.165) is 22.6 Å². The van der Waals surface area contributed by atoms with Crippen LogP contribution in [-0.2, 0) is 17.1 Å². The van der Waals surface area contributed by atoms with E-state index in [9.17, 15) is 0 Å². The molecule has 2 heterocycles. The van der Waals surface area contributed by atoms with Crippen LogP contribution in [0.1, 0.15) is 99.8 Å². The van der Waals surface area contributed by atoms with Gasteiger partial charge in [-0.2, -0.15) is 0 Å². The van der Waals surface area contributed by atoms with E-state index in [0.29, 0.717) is 16.0 Å². The van der Waals surface area contributed by atoms with Crippen LogP contribution >= 0.6 is 15.8 Å². The molecule has 3 atom stereocenters. The Kier molecular flexibility index (Phi) is 11.3. The number of furan rings is 2. The fourth-order valence-corrected chi connectivity index (χ4v) is 14.7. The van der Waals surface area contributed by atoms with Crippen LogP contribution in [-0.4, -0.2) is 21.6 Å². The first-order valence-corrected chi connectivity index (χ1v) is 15.6. The molecule has 33 heavy (non-hydrogen) atoms. The maximum atomic E-state index is 5.93. The van der Waals surface area contributed by atoms with Crippen molar-refractivity contribution >= 4 is 26.8 Å². The maximum absolute atomic E-state index is 5.93. The standard InChI is InChI=1S/C23H36O2P2.C5H10.Fe/c1-17(27(22(2,3)4)23(5,6)7)18-11-8-12-19(18)26(20-13-9-15-24-20)21-14-10-16-25-21;1-2-4-5-3-1;/h9-10,13-19H,8,11-12H2,1-7H3;1-5H2;. The maximum Gasteiger partial charge on any atom is 0.133 e. The van der Waals surface area contributed by atoms with Gasteiger partial charge in [0.05, 0.1) is 12.5 Å². The average Bonchev–Trinajstić information content (AvgIpc) is 3.48. The topological polar surface area (TPSA) is 26.3 Å². The Hall–Kier alpha value is -0.0605. The van der Waals surface area contributed by atoms with E-state index in [1.165, 1.54) is 51.4 Å². The number of hydrogen-bond donors (Lipinski definition) is 0. The summed E-state index contributed by atoms with van der Waals surface area (Å²) in [5.74, 6) is 0.746. The van der Waals surface area contributed by atoms with Gasteiger partial charge in [-0.3, -0.25) is 0 Å². The van der Waals surface area contributed by atoms with Crippen molar-refractivity contribution in [3.8, 4) is 0 Å². The van der Waals surface area contributed by atoms with Gasteiger partial charge in [-0.25, -0.2) is 0 Å². The Morgan fingerprint density at radius 2 is 1.21 bits per heavy atom. The van der Waals surface area contributed by atoms with Gasteiger partial charge in [-0.15, -0.1) is 0 Å².